The van der Waals surface area contributed by atoms with E-state index in [0.717, 1.165) is 0 Å². The Morgan fingerprint density at radius 3 is 1.87 bits per heavy atom. The Labute approximate surface area is 262 Å². The van der Waals surface area contributed by atoms with Crippen LogP contribution >= 0.6 is 0 Å². The number of anilines is 1. The molecule has 5 aromatic carbocycles. The highest BCUT2D eigenvalue weighted by Gasteiger charge is 2.33. The predicted molar refractivity (Wildman–Crippen MR) is 171 cm³/mol. The number of benzene rings is 5. The van der Waals surface area contributed by atoms with Crippen LogP contribution in [0.4, 0.5) is 17.1 Å². The van der Waals surface area contributed by atoms with E-state index in [-0.39, 0.29) is 20.4 Å². The third kappa shape index (κ3) is 6.17. The van der Waals surface area contributed by atoms with Gasteiger partial charge in [0, 0.05) is 22.9 Å². The smallest absolute Gasteiger partial charge is 0.294 e. The van der Waals surface area contributed by atoms with Gasteiger partial charge in [0.15, 0.2) is 5.66 Å². The summed E-state index contributed by atoms with van der Waals surface area (Å²) in [4.78, 5) is 3.74. The fourth-order valence-electron chi connectivity index (χ4n) is 5.06. The number of azo groups is 1. The molecule has 1 atom stereocenters. The molecule has 0 radical (unpaired) electrons. The first-order valence-electron chi connectivity index (χ1n) is 13.2. The van der Waals surface area contributed by atoms with E-state index in [2.05, 4.69) is 20.5 Å². The number of nitrogens with zero attached hydrogens (tertiary/aromatic N) is 3. The van der Waals surface area contributed by atoms with E-state index < -0.39 is 36.0 Å². The molecule has 0 saturated carbocycles. The van der Waals surface area contributed by atoms with Crippen molar-refractivity contribution in [1.82, 2.24) is 0 Å². The van der Waals surface area contributed by atoms with E-state index in [9.17, 15) is 38.9 Å². The lowest BCUT2D eigenvalue weighted by Gasteiger charge is -2.29. The van der Waals surface area contributed by atoms with E-state index >= 15 is 0 Å². The van der Waals surface area contributed by atoms with Crippen LogP contribution in [-0.4, -0.2) is 45.1 Å². The Balaban J connectivity index is 1.45. The first-order chi connectivity index (χ1) is 21.6. The molecular formula is C30H22N4O9S3. The summed E-state index contributed by atoms with van der Waals surface area (Å²) in [6.45, 7) is 0. The number of aliphatic imine (C=N–C) groups is 1. The first-order valence-corrected chi connectivity index (χ1v) is 17.5. The van der Waals surface area contributed by atoms with Crippen LogP contribution in [0, 0.1) is 0 Å². The number of fused-ring (bicyclic) bond motifs is 2. The zero-order valence-electron chi connectivity index (χ0n) is 23.2. The van der Waals surface area contributed by atoms with Crippen molar-refractivity contribution in [1.29, 1.82) is 0 Å². The lowest BCUT2D eigenvalue weighted by molar-refractivity contribution is 0.481. The third-order valence-electron chi connectivity index (χ3n) is 7.23. The van der Waals surface area contributed by atoms with Gasteiger partial charge >= 0.3 is 0 Å². The standard InChI is InChI=1S/C30H22N4O9S3/c35-44(36,37)23-8-5-21(6-9-23)33-34-29-13-12-28(27-18-25(46(41,42)43)10-11-26(27)29)30(14-1-15-31-30)32-22-4-2-20-17-24(45(38,39)40)7-3-19(20)16-22/h1-18,32H,(H,35,36,37)(H,38,39,40)(H,41,42,43). The second kappa shape index (κ2) is 11.2. The summed E-state index contributed by atoms with van der Waals surface area (Å²) in [5.74, 6) is 0. The molecule has 13 nitrogen and oxygen atoms in total. The molecule has 16 heteroatoms. The maximum Gasteiger partial charge on any atom is 0.294 e. The molecule has 0 aromatic heterocycles. The Kier molecular flexibility index (Phi) is 7.58. The highest BCUT2D eigenvalue weighted by atomic mass is 32.2. The van der Waals surface area contributed by atoms with Crippen molar-refractivity contribution in [2.24, 2.45) is 15.2 Å². The maximum absolute atomic E-state index is 12.1. The minimum atomic E-state index is -4.60. The van der Waals surface area contributed by atoms with Crippen molar-refractivity contribution >= 4 is 75.2 Å². The summed E-state index contributed by atoms with van der Waals surface area (Å²) in [7, 11) is -13.4. The molecule has 1 aliphatic heterocycles. The van der Waals surface area contributed by atoms with E-state index in [1.165, 1.54) is 54.6 Å². The van der Waals surface area contributed by atoms with Crippen molar-refractivity contribution < 1.29 is 38.9 Å². The average Bonchev–Trinajstić information content (AvgIpc) is 3.47. The van der Waals surface area contributed by atoms with Crippen molar-refractivity contribution in [2.45, 2.75) is 20.3 Å². The van der Waals surface area contributed by atoms with Crippen LogP contribution in [0.25, 0.3) is 21.5 Å². The maximum atomic E-state index is 12.1. The highest BCUT2D eigenvalue weighted by molar-refractivity contribution is 7.86. The summed E-state index contributed by atoms with van der Waals surface area (Å²) in [6, 6.07) is 21.6. The highest BCUT2D eigenvalue weighted by Crippen LogP contribution is 2.41. The van der Waals surface area contributed by atoms with Crippen LogP contribution in [0.5, 0.6) is 0 Å². The number of nitrogens with one attached hydrogen (secondary N) is 1. The molecule has 1 aliphatic rings. The third-order valence-corrected chi connectivity index (χ3v) is 9.79. The summed E-state index contributed by atoms with van der Waals surface area (Å²) < 4.78 is 98.5. The Bertz CT molecular complexity index is 2470. The molecule has 5 aromatic rings. The zero-order valence-corrected chi connectivity index (χ0v) is 25.7. The van der Waals surface area contributed by atoms with Crippen LogP contribution in [0.15, 0.2) is 133 Å². The minimum absolute atomic E-state index is 0.242. The second-order valence-corrected chi connectivity index (χ2v) is 14.5. The molecule has 0 aliphatic carbocycles. The van der Waals surface area contributed by atoms with Crippen LogP contribution in [0.3, 0.4) is 0 Å². The van der Waals surface area contributed by atoms with Crippen molar-refractivity contribution in [2.75, 3.05) is 5.32 Å². The summed E-state index contributed by atoms with van der Waals surface area (Å²) in [5, 5.41) is 13.8. The fourth-order valence-corrected chi connectivity index (χ4v) is 6.56. The number of hydrogen-bond donors (Lipinski definition) is 4. The Morgan fingerprint density at radius 1 is 0.609 bits per heavy atom. The summed E-state index contributed by atoms with van der Waals surface area (Å²) >= 11 is 0. The lowest BCUT2D eigenvalue weighted by atomic mass is 9.92. The van der Waals surface area contributed by atoms with Gasteiger partial charge in [0.25, 0.3) is 30.4 Å². The number of allylic oxidation sites excluding steroid dienone is 1. The molecule has 0 fully saturated rings. The predicted octanol–water partition coefficient (Wildman–Crippen LogP) is 6.05. The van der Waals surface area contributed by atoms with E-state index in [4.69, 9.17) is 0 Å². The molecule has 6 rings (SSSR count). The average molecular weight is 679 g/mol. The van der Waals surface area contributed by atoms with Gasteiger partial charge in [-0.15, -0.1) is 5.11 Å². The van der Waals surface area contributed by atoms with E-state index in [0.29, 0.717) is 38.5 Å². The minimum Gasteiger partial charge on any atom is -0.354 e. The molecule has 0 bridgehead atoms. The van der Waals surface area contributed by atoms with E-state index in [1.54, 1.807) is 54.8 Å². The van der Waals surface area contributed by atoms with Gasteiger partial charge in [-0.25, -0.2) is 0 Å². The van der Waals surface area contributed by atoms with Crippen LogP contribution in [0.2, 0.25) is 0 Å². The summed E-state index contributed by atoms with van der Waals surface area (Å²) in [6.07, 6.45) is 5.02. The molecule has 0 amide bonds. The van der Waals surface area contributed by atoms with Crippen LogP contribution in [-0.2, 0) is 36.0 Å². The van der Waals surface area contributed by atoms with Gasteiger partial charge in [-0.2, -0.15) is 30.4 Å². The molecule has 1 unspecified atom stereocenters. The SMILES string of the molecule is O=S(=O)(O)c1ccc(N=Nc2ccc(C3(Nc4ccc5cc(S(=O)(=O)O)ccc5c4)C=CC=N3)c3cc(S(=O)(=O)O)ccc23)cc1. The van der Waals surface area contributed by atoms with Gasteiger partial charge in [-0.05, 0) is 95.0 Å². The monoisotopic (exact) mass is 678 g/mol. The zero-order chi connectivity index (χ0) is 32.9. The topological polar surface area (TPSA) is 212 Å². The van der Waals surface area contributed by atoms with Crippen molar-refractivity contribution in [3.63, 3.8) is 0 Å². The van der Waals surface area contributed by atoms with Gasteiger partial charge in [0.2, 0.25) is 0 Å². The molecule has 1 heterocycles. The van der Waals surface area contributed by atoms with Crippen LogP contribution < -0.4 is 5.32 Å². The van der Waals surface area contributed by atoms with E-state index in [1.807, 2.05) is 0 Å². The van der Waals surface area contributed by atoms with Crippen molar-refractivity contribution in [3.8, 4) is 0 Å². The number of hydrogen-bond acceptors (Lipinski definition) is 10. The fraction of sp³-hybridized carbons (Fsp3) is 0.0333. The first kappa shape index (κ1) is 31.2. The molecule has 0 spiro atoms. The van der Waals surface area contributed by atoms with Gasteiger partial charge in [-0.1, -0.05) is 24.3 Å². The van der Waals surface area contributed by atoms with Crippen LogP contribution in [0.1, 0.15) is 5.56 Å². The molecule has 0 saturated heterocycles. The van der Waals surface area contributed by atoms with Gasteiger partial charge in [0.05, 0.1) is 26.1 Å². The van der Waals surface area contributed by atoms with Gasteiger partial charge < -0.3 is 5.32 Å². The van der Waals surface area contributed by atoms with Crippen molar-refractivity contribution in [3.05, 3.63) is 109 Å². The Hall–Kier alpha value is -4.84. The Morgan fingerprint density at radius 2 is 1.22 bits per heavy atom. The second-order valence-electron chi connectivity index (χ2n) is 10.2. The molecular weight excluding hydrogens is 657 g/mol. The normalized spacial score (nSPS) is 16.9. The molecule has 234 valence electrons. The van der Waals surface area contributed by atoms with Gasteiger partial charge in [0.1, 0.15) is 0 Å². The molecule has 46 heavy (non-hydrogen) atoms. The number of rotatable bonds is 8. The molecule has 4 N–H and O–H groups in total. The van der Waals surface area contributed by atoms with Gasteiger partial charge in [-0.3, -0.25) is 18.7 Å². The quantitative estimate of drug-likeness (QED) is 0.110. The largest absolute Gasteiger partial charge is 0.354 e. The lowest BCUT2D eigenvalue weighted by Crippen LogP contribution is -2.30. The summed E-state index contributed by atoms with van der Waals surface area (Å²) in [5.41, 5.74) is 0.421.